The van der Waals surface area contributed by atoms with Crippen molar-refractivity contribution in [1.29, 1.82) is 0 Å². The average Bonchev–Trinajstić information content (AvgIpc) is 2.47. The van der Waals surface area contributed by atoms with Gasteiger partial charge in [0.25, 0.3) is 5.56 Å². The molecule has 0 aliphatic heterocycles. The number of carbonyl (C=O) groups excluding carboxylic acids is 1. The van der Waals surface area contributed by atoms with Crippen LogP contribution < -0.4 is 11.2 Å². The van der Waals surface area contributed by atoms with Crippen LogP contribution in [-0.2, 0) is 25.5 Å². The number of nitrogens with one attached hydrogen (secondary N) is 1. The van der Waals surface area contributed by atoms with Gasteiger partial charge in [0.15, 0.2) is 5.60 Å². The highest BCUT2D eigenvalue weighted by Crippen LogP contribution is 2.15. The summed E-state index contributed by atoms with van der Waals surface area (Å²) in [6.45, 7) is 7.37. The van der Waals surface area contributed by atoms with Gasteiger partial charge in [-0.2, -0.15) is 0 Å². The van der Waals surface area contributed by atoms with Crippen LogP contribution in [0.3, 0.4) is 0 Å². The third kappa shape index (κ3) is 6.29. The first kappa shape index (κ1) is 20.1. The molecule has 0 aromatic carbocycles. The van der Waals surface area contributed by atoms with E-state index < -0.39 is 22.8 Å². The Labute approximate surface area is 140 Å². The number of aromatic amines is 1. The Morgan fingerprint density at radius 2 is 2.00 bits per heavy atom. The van der Waals surface area contributed by atoms with E-state index in [4.69, 9.17) is 14.2 Å². The molecule has 1 N–H and O–H groups in total. The highest BCUT2D eigenvalue weighted by atomic mass is 16.6. The molecule has 8 nitrogen and oxygen atoms in total. The van der Waals surface area contributed by atoms with E-state index >= 15 is 0 Å². The summed E-state index contributed by atoms with van der Waals surface area (Å²) in [6.07, 6.45) is 1.39. The lowest BCUT2D eigenvalue weighted by Gasteiger charge is -2.26. The number of ether oxygens (including phenoxy) is 3. The Morgan fingerprint density at radius 1 is 1.33 bits per heavy atom. The predicted molar refractivity (Wildman–Crippen MR) is 88.0 cm³/mol. The quantitative estimate of drug-likeness (QED) is 0.663. The predicted octanol–water partition coefficient (Wildman–Crippen LogP) is 0.689. The fourth-order valence-corrected chi connectivity index (χ4v) is 2.15. The van der Waals surface area contributed by atoms with Crippen molar-refractivity contribution in [2.45, 2.75) is 58.5 Å². The molecule has 0 amide bonds. The van der Waals surface area contributed by atoms with E-state index in [2.05, 4.69) is 4.98 Å². The molecule has 1 rings (SSSR count). The van der Waals surface area contributed by atoms with Gasteiger partial charge in [0.05, 0.1) is 12.2 Å². The summed E-state index contributed by atoms with van der Waals surface area (Å²) in [5, 5.41) is 0. The highest BCUT2D eigenvalue weighted by molar-refractivity contribution is 5.78. The number of esters is 1. The molecule has 1 aromatic rings. The second-order valence-electron chi connectivity index (χ2n) is 6.23. The molecule has 1 heterocycles. The molecule has 8 heteroatoms. The van der Waals surface area contributed by atoms with Gasteiger partial charge in [0, 0.05) is 25.9 Å². The molecule has 0 aliphatic rings. The van der Waals surface area contributed by atoms with Crippen LogP contribution in [-0.4, -0.2) is 47.0 Å². The van der Waals surface area contributed by atoms with Crippen molar-refractivity contribution in [1.82, 2.24) is 9.55 Å². The van der Waals surface area contributed by atoms with E-state index in [1.807, 2.05) is 13.8 Å². The number of aromatic nitrogens is 2. The van der Waals surface area contributed by atoms with E-state index in [0.717, 1.165) is 0 Å². The van der Waals surface area contributed by atoms with Gasteiger partial charge in [-0.1, -0.05) is 0 Å². The lowest BCUT2D eigenvalue weighted by Crippen LogP contribution is -2.40. The standard InChI is InChI=1S/C16H26N2O6/c1-11(2)24-16(3,4)14(20)23-10-12(22-5)6-8-18-9-7-13(19)17-15(18)21/h7,9,11-12H,6,8,10H2,1-5H3,(H,17,19,21). The fraction of sp³-hybridized carbons (Fsp3) is 0.688. The monoisotopic (exact) mass is 342 g/mol. The number of rotatable bonds is 9. The molecule has 1 unspecified atom stereocenters. The van der Waals surface area contributed by atoms with Crippen molar-refractivity contribution in [2.24, 2.45) is 0 Å². The minimum absolute atomic E-state index is 0.0539. The number of H-pyrrole nitrogens is 1. The van der Waals surface area contributed by atoms with Crippen LogP contribution in [0.15, 0.2) is 21.9 Å². The topological polar surface area (TPSA) is 99.6 Å². The van der Waals surface area contributed by atoms with Crippen molar-refractivity contribution < 1.29 is 19.0 Å². The smallest absolute Gasteiger partial charge is 0.337 e. The lowest BCUT2D eigenvalue weighted by atomic mass is 10.1. The highest BCUT2D eigenvalue weighted by Gasteiger charge is 2.32. The first-order chi connectivity index (χ1) is 11.2. The Balaban J connectivity index is 2.54. The van der Waals surface area contributed by atoms with E-state index in [0.29, 0.717) is 13.0 Å². The number of aryl methyl sites for hydroxylation is 1. The first-order valence-corrected chi connectivity index (χ1v) is 7.83. The maximum atomic E-state index is 12.1. The van der Waals surface area contributed by atoms with Crippen LogP contribution in [0.1, 0.15) is 34.1 Å². The SMILES string of the molecule is COC(CCn1ccc(=O)[nH]c1=O)COC(=O)C(C)(C)OC(C)C. The van der Waals surface area contributed by atoms with Crippen LogP contribution in [0.5, 0.6) is 0 Å². The molecule has 0 bridgehead atoms. The molecule has 0 saturated carbocycles. The van der Waals surface area contributed by atoms with Gasteiger partial charge in [-0.3, -0.25) is 9.78 Å². The van der Waals surface area contributed by atoms with Crippen LogP contribution >= 0.6 is 0 Å². The molecule has 0 spiro atoms. The third-order valence-electron chi connectivity index (χ3n) is 3.34. The Bertz CT molecular complexity index is 646. The molecule has 0 fully saturated rings. The molecule has 24 heavy (non-hydrogen) atoms. The number of carbonyl (C=O) groups is 1. The number of methoxy groups -OCH3 is 1. The number of hydrogen-bond donors (Lipinski definition) is 1. The van der Waals surface area contributed by atoms with Gasteiger partial charge < -0.3 is 18.8 Å². The zero-order valence-electron chi connectivity index (χ0n) is 14.8. The maximum absolute atomic E-state index is 12.1. The first-order valence-electron chi connectivity index (χ1n) is 7.83. The summed E-state index contributed by atoms with van der Waals surface area (Å²) in [4.78, 5) is 36.9. The molecule has 0 saturated heterocycles. The minimum Gasteiger partial charge on any atom is -0.461 e. The van der Waals surface area contributed by atoms with E-state index in [-0.39, 0.29) is 18.8 Å². The summed E-state index contributed by atoms with van der Waals surface area (Å²) < 4.78 is 17.4. The molecule has 1 aromatic heterocycles. The van der Waals surface area contributed by atoms with Crippen molar-refractivity contribution in [3.05, 3.63) is 33.1 Å². The second-order valence-corrected chi connectivity index (χ2v) is 6.23. The average molecular weight is 342 g/mol. The number of nitrogens with zero attached hydrogens (tertiary/aromatic N) is 1. The Morgan fingerprint density at radius 3 is 2.54 bits per heavy atom. The van der Waals surface area contributed by atoms with Crippen molar-refractivity contribution >= 4 is 5.97 Å². The summed E-state index contributed by atoms with van der Waals surface area (Å²) >= 11 is 0. The van der Waals surface area contributed by atoms with Crippen molar-refractivity contribution in [2.75, 3.05) is 13.7 Å². The van der Waals surface area contributed by atoms with Crippen LogP contribution in [0.25, 0.3) is 0 Å². The molecule has 0 radical (unpaired) electrons. The maximum Gasteiger partial charge on any atom is 0.337 e. The third-order valence-corrected chi connectivity index (χ3v) is 3.34. The van der Waals surface area contributed by atoms with E-state index in [1.165, 1.54) is 23.9 Å². The summed E-state index contributed by atoms with van der Waals surface area (Å²) in [7, 11) is 1.50. The summed E-state index contributed by atoms with van der Waals surface area (Å²) in [5.74, 6) is -0.473. The van der Waals surface area contributed by atoms with Gasteiger partial charge in [-0.05, 0) is 34.1 Å². The molecular formula is C16H26N2O6. The Kier molecular flexibility index (Phi) is 7.37. The fourth-order valence-electron chi connectivity index (χ4n) is 2.15. The van der Waals surface area contributed by atoms with Crippen LogP contribution in [0.2, 0.25) is 0 Å². The van der Waals surface area contributed by atoms with Gasteiger partial charge in [0.1, 0.15) is 6.61 Å². The second kappa shape index (κ2) is 8.79. The summed E-state index contributed by atoms with van der Waals surface area (Å²) in [6, 6.07) is 1.27. The summed E-state index contributed by atoms with van der Waals surface area (Å²) in [5.41, 5.74) is -1.97. The minimum atomic E-state index is -1.04. The zero-order chi connectivity index (χ0) is 18.3. The largest absolute Gasteiger partial charge is 0.461 e. The number of hydrogen-bond acceptors (Lipinski definition) is 6. The molecular weight excluding hydrogens is 316 g/mol. The van der Waals surface area contributed by atoms with E-state index in [1.54, 1.807) is 13.8 Å². The Hall–Kier alpha value is -1.93. The normalized spacial score (nSPS) is 13.1. The van der Waals surface area contributed by atoms with Gasteiger partial charge >= 0.3 is 11.7 Å². The van der Waals surface area contributed by atoms with Crippen LogP contribution in [0.4, 0.5) is 0 Å². The molecule has 136 valence electrons. The lowest BCUT2D eigenvalue weighted by molar-refractivity contribution is -0.176. The van der Waals surface area contributed by atoms with Crippen molar-refractivity contribution in [3.8, 4) is 0 Å². The van der Waals surface area contributed by atoms with Crippen LogP contribution in [0, 0.1) is 0 Å². The molecule has 0 aliphatic carbocycles. The zero-order valence-corrected chi connectivity index (χ0v) is 14.8. The van der Waals surface area contributed by atoms with Gasteiger partial charge in [-0.25, -0.2) is 9.59 Å². The van der Waals surface area contributed by atoms with E-state index in [9.17, 15) is 14.4 Å². The van der Waals surface area contributed by atoms with Gasteiger partial charge in [-0.15, -0.1) is 0 Å². The molecule has 1 atom stereocenters. The van der Waals surface area contributed by atoms with Crippen molar-refractivity contribution in [3.63, 3.8) is 0 Å². The van der Waals surface area contributed by atoms with Gasteiger partial charge in [0.2, 0.25) is 0 Å².